The van der Waals surface area contributed by atoms with Crippen LogP contribution in [0.15, 0.2) is 28.7 Å². The zero-order valence-electron chi connectivity index (χ0n) is 12.6. The van der Waals surface area contributed by atoms with Gasteiger partial charge in [-0.2, -0.15) is 0 Å². The molecule has 1 unspecified atom stereocenters. The van der Waals surface area contributed by atoms with Gasteiger partial charge in [0.1, 0.15) is 11.3 Å². The second kappa shape index (κ2) is 5.90. The maximum atomic E-state index is 11.5. The molecule has 1 saturated carbocycles. The predicted octanol–water partition coefficient (Wildman–Crippen LogP) is 2.92. The lowest BCUT2D eigenvalue weighted by Crippen LogP contribution is -2.33. The number of nitrogens with one attached hydrogen (secondary N) is 2. The molecule has 0 bridgehead atoms. The normalized spacial score (nSPS) is 16.1. The van der Waals surface area contributed by atoms with E-state index < -0.39 is 0 Å². The van der Waals surface area contributed by atoms with Gasteiger partial charge >= 0.3 is 0 Å². The Morgan fingerprint density at radius 1 is 1.33 bits per heavy atom. The monoisotopic (exact) mass is 286 g/mol. The van der Waals surface area contributed by atoms with Crippen molar-refractivity contribution in [2.45, 2.75) is 32.7 Å². The molecule has 1 amide bonds. The second-order valence-electron chi connectivity index (χ2n) is 5.83. The topological polar surface area (TPSA) is 54.3 Å². The van der Waals surface area contributed by atoms with Crippen LogP contribution >= 0.6 is 0 Å². The number of aryl methyl sites for hydroxylation is 1. The molecule has 21 heavy (non-hydrogen) atoms. The number of carbonyl (C=O) groups is 1. The summed E-state index contributed by atoms with van der Waals surface area (Å²) in [5.74, 6) is 1.45. The van der Waals surface area contributed by atoms with Crippen LogP contribution in [0, 0.1) is 12.8 Å². The third kappa shape index (κ3) is 3.10. The first kappa shape index (κ1) is 14.1. The average Bonchev–Trinajstić information content (AvgIpc) is 3.28. The number of hydrogen-bond acceptors (Lipinski definition) is 3. The summed E-state index contributed by atoms with van der Waals surface area (Å²) in [4.78, 5) is 11.5. The van der Waals surface area contributed by atoms with Crippen LogP contribution in [0.2, 0.25) is 0 Å². The van der Waals surface area contributed by atoms with Crippen LogP contribution in [0.5, 0.6) is 0 Å². The SMILES string of the molecule is Cc1c(C(C)NCCNC(=O)C2CC2)oc2ccccc12. The van der Waals surface area contributed by atoms with E-state index >= 15 is 0 Å². The van der Waals surface area contributed by atoms with Crippen LogP contribution < -0.4 is 10.6 Å². The third-order valence-corrected chi connectivity index (χ3v) is 4.10. The fourth-order valence-electron chi connectivity index (χ4n) is 2.66. The molecular weight excluding hydrogens is 264 g/mol. The van der Waals surface area contributed by atoms with Gasteiger partial charge in [-0.15, -0.1) is 0 Å². The Bertz CT molecular complexity index is 643. The van der Waals surface area contributed by atoms with Gasteiger partial charge in [0.2, 0.25) is 5.91 Å². The Hall–Kier alpha value is -1.81. The summed E-state index contributed by atoms with van der Waals surface area (Å²) in [6.45, 7) is 5.59. The average molecular weight is 286 g/mol. The van der Waals surface area contributed by atoms with Crippen molar-refractivity contribution in [2.24, 2.45) is 5.92 Å². The van der Waals surface area contributed by atoms with Gasteiger partial charge in [-0.25, -0.2) is 0 Å². The van der Waals surface area contributed by atoms with Crippen LogP contribution in [0.3, 0.4) is 0 Å². The highest BCUT2D eigenvalue weighted by molar-refractivity contribution is 5.82. The van der Waals surface area contributed by atoms with Crippen LogP contribution in [0.4, 0.5) is 0 Å². The molecule has 1 fully saturated rings. The quantitative estimate of drug-likeness (QED) is 0.803. The minimum atomic E-state index is 0.134. The van der Waals surface area contributed by atoms with Crippen molar-refractivity contribution in [3.05, 3.63) is 35.6 Å². The minimum absolute atomic E-state index is 0.134. The highest BCUT2D eigenvalue weighted by atomic mass is 16.3. The van der Waals surface area contributed by atoms with Crippen LogP contribution in [-0.2, 0) is 4.79 Å². The van der Waals surface area contributed by atoms with E-state index in [1.165, 1.54) is 10.9 Å². The standard InChI is InChI=1S/C17H22N2O2/c1-11-14-5-3-4-6-15(14)21-16(11)12(2)18-9-10-19-17(20)13-7-8-13/h3-6,12-13,18H,7-10H2,1-2H3,(H,19,20). The molecule has 0 saturated heterocycles. The summed E-state index contributed by atoms with van der Waals surface area (Å²) in [7, 11) is 0. The molecule has 3 rings (SSSR count). The number of amides is 1. The Labute approximate surface area is 124 Å². The van der Waals surface area contributed by atoms with E-state index in [1.54, 1.807) is 0 Å². The van der Waals surface area contributed by atoms with Crippen molar-refractivity contribution in [2.75, 3.05) is 13.1 Å². The van der Waals surface area contributed by atoms with Crippen molar-refractivity contribution in [1.29, 1.82) is 0 Å². The highest BCUT2D eigenvalue weighted by Crippen LogP contribution is 2.29. The van der Waals surface area contributed by atoms with E-state index in [4.69, 9.17) is 4.42 Å². The summed E-state index contributed by atoms with van der Waals surface area (Å²) < 4.78 is 5.94. The van der Waals surface area contributed by atoms with E-state index in [-0.39, 0.29) is 17.9 Å². The van der Waals surface area contributed by atoms with Gasteiger partial charge in [0.25, 0.3) is 0 Å². The molecule has 1 heterocycles. The third-order valence-electron chi connectivity index (χ3n) is 4.10. The van der Waals surface area contributed by atoms with Crippen LogP contribution in [0.25, 0.3) is 11.0 Å². The largest absolute Gasteiger partial charge is 0.459 e. The Kier molecular flexibility index (Phi) is 3.97. The summed E-state index contributed by atoms with van der Waals surface area (Å²) >= 11 is 0. The van der Waals surface area contributed by atoms with Gasteiger partial charge in [0.15, 0.2) is 0 Å². The van der Waals surface area contributed by atoms with Crippen molar-refractivity contribution in [3.8, 4) is 0 Å². The number of rotatable bonds is 6. The first-order valence-corrected chi connectivity index (χ1v) is 7.66. The zero-order chi connectivity index (χ0) is 14.8. The van der Waals surface area contributed by atoms with Gasteiger partial charge in [-0.1, -0.05) is 18.2 Å². The van der Waals surface area contributed by atoms with E-state index in [1.807, 2.05) is 18.2 Å². The molecule has 1 atom stereocenters. The number of hydrogen-bond donors (Lipinski definition) is 2. The smallest absolute Gasteiger partial charge is 0.223 e. The number of benzene rings is 1. The summed E-state index contributed by atoms with van der Waals surface area (Å²) in [6, 6.07) is 8.23. The molecule has 0 spiro atoms. The zero-order valence-corrected chi connectivity index (χ0v) is 12.6. The Morgan fingerprint density at radius 3 is 2.81 bits per heavy atom. The van der Waals surface area contributed by atoms with Crippen LogP contribution in [0.1, 0.15) is 37.1 Å². The van der Waals surface area contributed by atoms with Gasteiger partial charge in [0.05, 0.1) is 6.04 Å². The lowest BCUT2D eigenvalue weighted by atomic mass is 10.1. The Morgan fingerprint density at radius 2 is 2.10 bits per heavy atom. The van der Waals surface area contributed by atoms with Crippen LogP contribution in [-0.4, -0.2) is 19.0 Å². The summed E-state index contributed by atoms with van der Waals surface area (Å²) in [5, 5.41) is 7.54. The van der Waals surface area contributed by atoms with E-state index in [0.717, 1.165) is 30.7 Å². The molecule has 4 heteroatoms. The molecule has 0 radical (unpaired) electrons. The van der Waals surface area contributed by atoms with E-state index in [9.17, 15) is 4.79 Å². The predicted molar refractivity (Wildman–Crippen MR) is 83.1 cm³/mol. The lowest BCUT2D eigenvalue weighted by Gasteiger charge is -2.13. The maximum Gasteiger partial charge on any atom is 0.223 e. The van der Waals surface area contributed by atoms with Gasteiger partial charge in [-0.05, 0) is 38.3 Å². The number of para-hydroxylation sites is 1. The van der Waals surface area contributed by atoms with Gasteiger partial charge in [0, 0.05) is 24.4 Å². The minimum Gasteiger partial charge on any atom is -0.459 e. The van der Waals surface area contributed by atoms with Crippen molar-refractivity contribution in [3.63, 3.8) is 0 Å². The summed E-state index contributed by atoms with van der Waals surface area (Å²) in [5.41, 5.74) is 2.12. The fourth-order valence-corrected chi connectivity index (χ4v) is 2.66. The molecule has 1 aromatic heterocycles. The Balaban J connectivity index is 1.55. The van der Waals surface area contributed by atoms with Gasteiger partial charge < -0.3 is 15.1 Å². The molecule has 4 nitrogen and oxygen atoms in total. The van der Waals surface area contributed by atoms with Crippen molar-refractivity contribution >= 4 is 16.9 Å². The van der Waals surface area contributed by atoms with E-state index in [0.29, 0.717) is 6.54 Å². The van der Waals surface area contributed by atoms with Crippen molar-refractivity contribution < 1.29 is 9.21 Å². The number of fused-ring (bicyclic) bond motifs is 1. The molecule has 112 valence electrons. The first-order valence-electron chi connectivity index (χ1n) is 7.66. The molecule has 2 N–H and O–H groups in total. The maximum absolute atomic E-state index is 11.5. The van der Waals surface area contributed by atoms with Crippen molar-refractivity contribution in [1.82, 2.24) is 10.6 Å². The van der Waals surface area contributed by atoms with E-state index in [2.05, 4.69) is 30.5 Å². The molecule has 0 aliphatic heterocycles. The number of furan rings is 1. The summed E-state index contributed by atoms with van der Waals surface area (Å²) in [6.07, 6.45) is 2.10. The molecule has 1 aromatic carbocycles. The number of carbonyl (C=O) groups excluding carboxylic acids is 1. The first-order chi connectivity index (χ1) is 10.2. The molecule has 2 aromatic rings. The second-order valence-corrected chi connectivity index (χ2v) is 5.83. The molecule has 1 aliphatic carbocycles. The molecule has 1 aliphatic rings. The fraction of sp³-hybridized carbons (Fsp3) is 0.471. The van der Waals surface area contributed by atoms with Gasteiger partial charge in [-0.3, -0.25) is 4.79 Å². The highest BCUT2D eigenvalue weighted by Gasteiger charge is 2.29. The molecular formula is C17H22N2O2. The lowest BCUT2D eigenvalue weighted by molar-refractivity contribution is -0.122.